The van der Waals surface area contributed by atoms with Crippen molar-refractivity contribution in [2.75, 3.05) is 26.9 Å². The zero-order chi connectivity index (χ0) is 23.8. The molecule has 0 aliphatic heterocycles. The second-order valence-corrected chi connectivity index (χ2v) is 4.58. The van der Waals surface area contributed by atoms with Crippen LogP contribution < -0.4 is 11.5 Å². The SMILES string of the molecule is C=CC(F)(F)C(N)/C(=C/C)OCC.CC.CC.CCF.COC(CN)=C(C)C. The van der Waals surface area contributed by atoms with Gasteiger partial charge in [0.05, 0.1) is 26.9 Å². The van der Waals surface area contributed by atoms with Crippen LogP contribution in [0.3, 0.4) is 0 Å². The molecule has 1 atom stereocenters. The number of hydrogen-bond donors (Lipinski definition) is 2. The molecule has 0 spiro atoms. The van der Waals surface area contributed by atoms with E-state index in [1.165, 1.54) is 13.0 Å². The number of methoxy groups -OCH3 is 1. The van der Waals surface area contributed by atoms with Gasteiger partial charge in [0.2, 0.25) is 0 Å². The summed E-state index contributed by atoms with van der Waals surface area (Å²) in [5, 5.41) is 0. The maximum Gasteiger partial charge on any atom is 0.288 e. The summed E-state index contributed by atoms with van der Waals surface area (Å²) in [6.45, 7) is 20.3. The normalized spacial score (nSPS) is 10.6. The van der Waals surface area contributed by atoms with Crippen molar-refractivity contribution in [3.63, 3.8) is 0 Å². The molecule has 0 aromatic carbocycles. The molecule has 0 aliphatic rings. The molecule has 1 unspecified atom stereocenters. The van der Waals surface area contributed by atoms with E-state index in [-0.39, 0.29) is 12.4 Å². The molecule has 0 fully saturated rings. The molecular formula is C21H45F3N2O2. The van der Waals surface area contributed by atoms with Gasteiger partial charge >= 0.3 is 0 Å². The van der Waals surface area contributed by atoms with Gasteiger partial charge in [0.15, 0.2) is 0 Å². The van der Waals surface area contributed by atoms with Crippen molar-refractivity contribution >= 4 is 0 Å². The predicted octanol–water partition coefficient (Wildman–Crippen LogP) is 5.99. The molecule has 0 heterocycles. The van der Waals surface area contributed by atoms with E-state index in [1.54, 1.807) is 21.0 Å². The third-order valence-electron chi connectivity index (χ3n) is 2.58. The maximum absolute atomic E-state index is 12.9. The molecule has 0 rings (SSSR count). The van der Waals surface area contributed by atoms with Crippen molar-refractivity contribution in [1.29, 1.82) is 0 Å². The monoisotopic (exact) mass is 414 g/mol. The van der Waals surface area contributed by atoms with Crippen LogP contribution in [0.4, 0.5) is 13.2 Å². The Morgan fingerprint density at radius 1 is 1.14 bits per heavy atom. The zero-order valence-corrected chi connectivity index (χ0v) is 19.7. The molecule has 0 amide bonds. The highest BCUT2D eigenvalue weighted by Gasteiger charge is 2.36. The minimum absolute atomic E-state index is 0.0902. The summed E-state index contributed by atoms with van der Waals surface area (Å²) in [6.07, 6.45) is 1.96. The van der Waals surface area contributed by atoms with Crippen LogP contribution in [0.15, 0.2) is 35.8 Å². The van der Waals surface area contributed by atoms with Crippen LogP contribution in [0.25, 0.3) is 0 Å². The van der Waals surface area contributed by atoms with Crippen molar-refractivity contribution < 1.29 is 22.6 Å². The minimum Gasteiger partial charge on any atom is -0.500 e. The van der Waals surface area contributed by atoms with Gasteiger partial charge in [0.1, 0.15) is 17.6 Å². The summed E-state index contributed by atoms with van der Waals surface area (Å²) < 4.78 is 46.0. The highest BCUT2D eigenvalue weighted by Crippen LogP contribution is 2.23. The summed E-state index contributed by atoms with van der Waals surface area (Å²) in [7, 11) is 1.63. The Hall–Kier alpha value is -1.47. The van der Waals surface area contributed by atoms with Gasteiger partial charge in [0.25, 0.3) is 5.92 Å². The molecule has 0 aromatic rings. The summed E-state index contributed by atoms with van der Waals surface area (Å²) in [5.41, 5.74) is 11.7. The van der Waals surface area contributed by atoms with Crippen LogP contribution in [0.2, 0.25) is 0 Å². The van der Waals surface area contributed by atoms with Gasteiger partial charge in [-0.15, -0.1) is 0 Å². The third-order valence-corrected chi connectivity index (χ3v) is 2.58. The van der Waals surface area contributed by atoms with E-state index in [0.29, 0.717) is 19.2 Å². The number of hydrogen-bond acceptors (Lipinski definition) is 4. The Morgan fingerprint density at radius 2 is 1.54 bits per heavy atom. The van der Waals surface area contributed by atoms with Crippen molar-refractivity contribution in [3.05, 3.63) is 35.8 Å². The first-order chi connectivity index (χ1) is 13.1. The average Bonchev–Trinajstić information content (AvgIpc) is 2.70. The number of rotatable bonds is 7. The summed E-state index contributed by atoms with van der Waals surface area (Å²) in [5.74, 6) is -2.16. The minimum atomic E-state index is -3.13. The molecule has 0 aliphatic carbocycles. The molecule has 0 saturated carbocycles. The van der Waals surface area contributed by atoms with Gasteiger partial charge in [-0.05, 0) is 52.3 Å². The molecule has 4 nitrogen and oxygen atoms in total. The molecule has 0 bridgehead atoms. The van der Waals surface area contributed by atoms with Crippen LogP contribution in [0.5, 0.6) is 0 Å². The van der Waals surface area contributed by atoms with Gasteiger partial charge in [0, 0.05) is 0 Å². The van der Waals surface area contributed by atoms with Crippen LogP contribution in [-0.4, -0.2) is 38.9 Å². The Labute approximate surface area is 171 Å². The number of halogens is 3. The molecule has 7 heteroatoms. The van der Waals surface area contributed by atoms with Crippen molar-refractivity contribution in [3.8, 4) is 0 Å². The van der Waals surface area contributed by atoms with Crippen molar-refractivity contribution in [2.45, 2.75) is 74.3 Å². The first-order valence-electron chi connectivity index (χ1n) is 9.65. The fourth-order valence-electron chi connectivity index (χ4n) is 1.33. The van der Waals surface area contributed by atoms with Crippen molar-refractivity contribution in [2.24, 2.45) is 11.5 Å². The van der Waals surface area contributed by atoms with Crippen LogP contribution >= 0.6 is 0 Å². The molecule has 0 saturated heterocycles. The van der Waals surface area contributed by atoms with E-state index in [9.17, 15) is 13.2 Å². The fraction of sp³-hybridized carbons (Fsp3) is 0.714. The predicted molar refractivity (Wildman–Crippen MR) is 117 cm³/mol. The number of ether oxygens (including phenoxy) is 2. The molecule has 28 heavy (non-hydrogen) atoms. The van der Waals surface area contributed by atoms with E-state index < -0.39 is 12.0 Å². The lowest BCUT2D eigenvalue weighted by atomic mass is 10.1. The first-order valence-corrected chi connectivity index (χ1v) is 9.65. The molecular weight excluding hydrogens is 369 g/mol. The van der Waals surface area contributed by atoms with E-state index in [4.69, 9.17) is 20.9 Å². The maximum atomic E-state index is 12.9. The molecule has 172 valence electrons. The summed E-state index contributed by atoms with van der Waals surface area (Å²) >= 11 is 0. The van der Waals surface area contributed by atoms with Gasteiger partial charge in [-0.3, -0.25) is 4.39 Å². The van der Waals surface area contributed by atoms with E-state index >= 15 is 0 Å². The smallest absolute Gasteiger partial charge is 0.288 e. The zero-order valence-electron chi connectivity index (χ0n) is 19.7. The Balaban J connectivity index is -0.000000100. The fourth-order valence-corrected chi connectivity index (χ4v) is 1.33. The van der Waals surface area contributed by atoms with Crippen LogP contribution in [0, 0.1) is 0 Å². The quantitative estimate of drug-likeness (QED) is 0.396. The topological polar surface area (TPSA) is 70.5 Å². The Kier molecular flexibility index (Phi) is 37.0. The van der Waals surface area contributed by atoms with Gasteiger partial charge < -0.3 is 20.9 Å². The first kappa shape index (κ1) is 37.3. The number of nitrogens with two attached hydrogens (primary N) is 2. The second-order valence-electron chi connectivity index (χ2n) is 4.58. The standard InChI is InChI=1S/C9H15F2NO.C6H13NO.C2H5F.2C2H6/c1-4-7(13-6-3)8(12)9(10,11)5-2;1-5(2)6(4-7)8-3;1-2-3;2*1-2/h4-5,8H,2,6,12H2,1,3H3;4,7H2,1-3H3;2H2,1H3;2*1-2H3/b7-4-;;;;. The van der Waals surface area contributed by atoms with Gasteiger partial charge in [-0.2, -0.15) is 8.78 Å². The van der Waals surface area contributed by atoms with E-state index in [1.807, 2.05) is 41.5 Å². The summed E-state index contributed by atoms with van der Waals surface area (Å²) in [4.78, 5) is 0. The lowest BCUT2D eigenvalue weighted by Crippen LogP contribution is -2.41. The average molecular weight is 415 g/mol. The molecule has 4 N–H and O–H groups in total. The Bertz CT molecular complexity index is 376. The lowest BCUT2D eigenvalue weighted by Gasteiger charge is -2.22. The third kappa shape index (κ3) is 22.6. The highest BCUT2D eigenvalue weighted by molar-refractivity contribution is 5.11. The summed E-state index contributed by atoms with van der Waals surface area (Å²) in [6, 6.07) is -1.45. The number of allylic oxidation sites excluding steroid dienone is 2. The van der Waals surface area contributed by atoms with Crippen molar-refractivity contribution in [1.82, 2.24) is 0 Å². The van der Waals surface area contributed by atoms with Crippen LogP contribution in [0.1, 0.15) is 62.3 Å². The molecule has 0 aromatic heterocycles. The Morgan fingerprint density at radius 3 is 1.68 bits per heavy atom. The largest absolute Gasteiger partial charge is 0.500 e. The van der Waals surface area contributed by atoms with Gasteiger partial charge in [-0.25, -0.2) is 0 Å². The number of alkyl halides is 3. The van der Waals surface area contributed by atoms with E-state index in [2.05, 4.69) is 6.58 Å². The van der Waals surface area contributed by atoms with E-state index in [0.717, 1.165) is 11.3 Å². The molecule has 0 radical (unpaired) electrons. The highest BCUT2D eigenvalue weighted by atomic mass is 19.3. The lowest BCUT2D eigenvalue weighted by molar-refractivity contribution is 0.0173. The van der Waals surface area contributed by atoms with Gasteiger partial charge in [-0.1, -0.05) is 34.3 Å². The second kappa shape index (κ2) is 27.7. The van der Waals surface area contributed by atoms with Crippen LogP contribution in [-0.2, 0) is 9.47 Å².